The Hall–Kier alpha value is -1.70. The molecule has 0 aromatic carbocycles. The molecule has 0 N–H and O–H groups in total. The largest absolute Gasteiger partial charge is 0.337 e. The van der Waals surface area contributed by atoms with E-state index in [1.165, 1.54) is 6.20 Å². The Labute approximate surface area is 143 Å². The number of carbonyl (C=O) groups is 1. The number of fused-ring (bicyclic) bond motifs is 4. The quantitative estimate of drug-likeness (QED) is 0.759. The summed E-state index contributed by atoms with van der Waals surface area (Å²) < 4.78 is 51.2. The Balaban J connectivity index is 1.65. The SMILES string of the molecule is O=C(c1cccnc1)N1C[C@H]2CC[C@@H](C1)N(CCC(F)(F)C(F)F)C2. The Bertz CT molecular complexity index is 599. The van der Waals surface area contributed by atoms with Crippen LogP contribution in [0.4, 0.5) is 17.6 Å². The maximum Gasteiger partial charge on any atom is 0.308 e. The van der Waals surface area contributed by atoms with Crippen LogP contribution in [0, 0.1) is 5.92 Å². The number of piperidine rings is 1. The highest BCUT2D eigenvalue weighted by Gasteiger charge is 2.43. The number of pyridine rings is 1. The summed E-state index contributed by atoms with van der Waals surface area (Å²) in [6.07, 6.45) is 0.319. The molecule has 1 amide bonds. The van der Waals surface area contributed by atoms with Crippen LogP contribution in [0.15, 0.2) is 24.5 Å². The summed E-state index contributed by atoms with van der Waals surface area (Å²) in [4.78, 5) is 20.2. The molecule has 3 fully saturated rings. The summed E-state index contributed by atoms with van der Waals surface area (Å²) in [5.41, 5.74) is 0.500. The van der Waals surface area contributed by atoms with Gasteiger partial charge in [0.15, 0.2) is 0 Å². The van der Waals surface area contributed by atoms with Crippen molar-refractivity contribution in [2.45, 2.75) is 37.7 Å². The normalized spacial score (nSPS) is 24.6. The van der Waals surface area contributed by atoms with Crippen molar-refractivity contribution in [1.82, 2.24) is 14.8 Å². The minimum atomic E-state index is -3.96. The highest BCUT2D eigenvalue weighted by Crippen LogP contribution is 2.32. The van der Waals surface area contributed by atoms with Gasteiger partial charge in [0.2, 0.25) is 0 Å². The van der Waals surface area contributed by atoms with E-state index in [2.05, 4.69) is 4.98 Å². The van der Waals surface area contributed by atoms with Gasteiger partial charge >= 0.3 is 12.3 Å². The molecule has 3 saturated heterocycles. The minimum Gasteiger partial charge on any atom is -0.337 e. The summed E-state index contributed by atoms with van der Waals surface area (Å²) in [7, 11) is 0. The third-order valence-corrected chi connectivity index (χ3v) is 5.07. The van der Waals surface area contributed by atoms with Crippen LogP contribution in [-0.2, 0) is 0 Å². The van der Waals surface area contributed by atoms with Crippen molar-refractivity contribution in [2.75, 3.05) is 26.2 Å². The number of aromatic nitrogens is 1. The van der Waals surface area contributed by atoms with Gasteiger partial charge in [-0.25, -0.2) is 17.6 Å². The van der Waals surface area contributed by atoms with E-state index in [-0.39, 0.29) is 24.4 Å². The van der Waals surface area contributed by atoms with Crippen molar-refractivity contribution in [3.05, 3.63) is 30.1 Å². The molecule has 0 radical (unpaired) electrons. The van der Waals surface area contributed by atoms with E-state index in [0.29, 0.717) is 25.2 Å². The van der Waals surface area contributed by atoms with E-state index in [9.17, 15) is 22.4 Å². The van der Waals surface area contributed by atoms with E-state index in [4.69, 9.17) is 0 Å². The third-order valence-electron chi connectivity index (χ3n) is 5.07. The van der Waals surface area contributed by atoms with Crippen LogP contribution in [0.2, 0.25) is 0 Å². The number of halogens is 4. The lowest BCUT2D eigenvalue weighted by atomic mass is 9.94. The van der Waals surface area contributed by atoms with Gasteiger partial charge in [0.25, 0.3) is 5.91 Å². The summed E-state index contributed by atoms with van der Waals surface area (Å²) in [6.45, 7) is 1.49. The number of hydrogen-bond acceptors (Lipinski definition) is 3. The van der Waals surface area contributed by atoms with Crippen LogP contribution in [0.25, 0.3) is 0 Å². The molecule has 4 nitrogen and oxygen atoms in total. The van der Waals surface area contributed by atoms with Gasteiger partial charge in [-0.3, -0.25) is 14.7 Å². The van der Waals surface area contributed by atoms with Crippen LogP contribution in [0.5, 0.6) is 0 Å². The van der Waals surface area contributed by atoms with Crippen molar-refractivity contribution in [2.24, 2.45) is 5.92 Å². The third kappa shape index (κ3) is 4.11. The fourth-order valence-electron chi connectivity index (χ4n) is 3.69. The molecule has 3 aliphatic rings. The summed E-state index contributed by atoms with van der Waals surface area (Å²) in [5.74, 6) is -3.90. The van der Waals surface area contributed by atoms with Gasteiger partial charge in [0.1, 0.15) is 0 Å². The molecule has 2 atom stereocenters. The fraction of sp³-hybridized carbons (Fsp3) is 0.647. The molecule has 0 aliphatic carbocycles. The second-order valence-electron chi connectivity index (χ2n) is 6.86. The minimum absolute atomic E-state index is 0.0622. The molecule has 25 heavy (non-hydrogen) atoms. The highest BCUT2D eigenvalue weighted by molar-refractivity contribution is 5.93. The first kappa shape index (κ1) is 18.1. The molecule has 0 unspecified atom stereocenters. The smallest absolute Gasteiger partial charge is 0.308 e. The van der Waals surface area contributed by atoms with Crippen LogP contribution in [0.3, 0.4) is 0 Å². The van der Waals surface area contributed by atoms with Gasteiger partial charge in [0.05, 0.1) is 5.56 Å². The summed E-state index contributed by atoms with van der Waals surface area (Å²) in [6, 6.07) is 3.33. The van der Waals surface area contributed by atoms with E-state index in [1.54, 1.807) is 23.2 Å². The number of nitrogens with zero attached hydrogens (tertiary/aromatic N) is 3. The zero-order valence-corrected chi connectivity index (χ0v) is 13.8. The Morgan fingerprint density at radius 3 is 2.76 bits per heavy atom. The van der Waals surface area contributed by atoms with Gasteiger partial charge in [-0.2, -0.15) is 0 Å². The second-order valence-corrected chi connectivity index (χ2v) is 6.86. The lowest BCUT2D eigenvalue weighted by Crippen LogP contribution is -2.46. The zero-order chi connectivity index (χ0) is 18.0. The maximum atomic E-state index is 13.2. The van der Waals surface area contributed by atoms with Crippen molar-refractivity contribution >= 4 is 5.91 Å². The van der Waals surface area contributed by atoms with Crippen molar-refractivity contribution in [3.63, 3.8) is 0 Å². The molecular weight excluding hydrogens is 338 g/mol. The van der Waals surface area contributed by atoms with Crippen LogP contribution in [0.1, 0.15) is 29.6 Å². The zero-order valence-electron chi connectivity index (χ0n) is 13.8. The van der Waals surface area contributed by atoms with E-state index in [0.717, 1.165) is 12.8 Å². The van der Waals surface area contributed by atoms with Crippen LogP contribution >= 0.6 is 0 Å². The van der Waals surface area contributed by atoms with Gasteiger partial charge < -0.3 is 4.90 Å². The number of amides is 1. The number of alkyl halides is 4. The number of hydrogen-bond donors (Lipinski definition) is 0. The van der Waals surface area contributed by atoms with Crippen LogP contribution in [-0.4, -0.2) is 65.3 Å². The molecular formula is C17H21F4N3O. The Morgan fingerprint density at radius 2 is 2.08 bits per heavy atom. The Kier molecular flexibility index (Phi) is 5.27. The van der Waals surface area contributed by atoms with Gasteiger partial charge in [-0.05, 0) is 30.9 Å². The highest BCUT2D eigenvalue weighted by atomic mass is 19.3. The molecule has 1 aromatic heterocycles. The molecule has 1 aromatic rings. The second kappa shape index (κ2) is 7.27. The lowest BCUT2D eigenvalue weighted by Gasteiger charge is -2.36. The van der Waals surface area contributed by atoms with Gasteiger partial charge in [0, 0.05) is 51.0 Å². The first-order valence-electron chi connectivity index (χ1n) is 8.46. The van der Waals surface area contributed by atoms with E-state index < -0.39 is 18.8 Å². The lowest BCUT2D eigenvalue weighted by molar-refractivity contribution is -0.137. The predicted molar refractivity (Wildman–Crippen MR) is 83.8 cm³/mol. The monoisotopic (exact) mass is 359 g/mol. The molecule has 2 bridgehead atoms. The molecule has 4 heterocycles. The van der Waals surface area contributed by atoms with E-state index >= 15 is 0 Å². The topological polar surface area (TPSA) is 36.4 Å². The van der Waals surface area contributed by atoms with Crippen molar-refractivity contribution in [3.8, 4) is 0 Å². The molecule has 4 rings (SSSR count). The average Bonchev–Trinajstić information content (AvgIpc) is 2.92. The molecule has 0 spiro atoms. The standard InChI is InChI=1S/C17H21F4N3O/c18-16(19)17(20,21)5-7-23-9-12-3-4-14(23)11-24(10-12)15(25)13-2-1-6-22-8-13/h1-2,6,8,12,14,16H,3-5,7,9-11H2/t12-,14-/m0/s1. The van der Waals surface area contributed by atoms with Crippen molar-refractivity contribution < 1.29 is 22.4 Å². The average molecular weight is 359 g/mol. The molecule has 8 heteroatoms. The van der Waals surface area contributed by atoms with Gasteiger partial charge in [-0.1, -0.05) is 0 Å². The summed E-state index contributed by atoms with van der Waals surface area (Å²) in [5, 5.41) is 0. The number of carbonyl (C=O) groups excluding carboxylic acids is 1. The number of rotatable bonds is 5. The fourth-order valence-corrected chi connectivity index (χ4v) is 3.69. The van der Waals surface area contributed by atoms with Gasteiger partial charge in [-0.15, -0.1) is 0 Å². The molecule has 3 aliphatic heterocycles. The van der Waals surface area contributed by atoms with Crippen LogP contribution < -0.4 is 0 Å². The summed E-state index contributed by atoms with van der Waals surface area (Å²) >= 11 is 0. The van der Waals surface area contributed by atoms with E-state index in [1.807, 2.05) is 4.90 Å². The first-order chi connectivity index (χ1) is 11.9. The maximum absolute atomic E-state index is 13.2. The molecule has 0 saturated carbocycles. The molecule has 138 valence electrons. The Morgan fingerprint density at radius 1 is 1.28 bits per heavy atom. The predicted octanol–water partition coefficient (Wildman–Crippen LogP) is 2.91. The first-order valence-corrected chi connectivity index (χ1v) is 8.46. The van der Waals surface area contributed by atoms with Crippen molar-refractivity contribution in [1.29, 1.82) is 0 Å².